The van der Waals surface area contributed by atoms with Gasteiger partial charge in [-0.15, -0.1) is 0 Å². The van der Waals surface area contributed by atoms with Gasteiger partial charge in [0.1, 0.15) is 0 Å². The monoisotopic (exact) mass is 396 g/mol. The fourth-order valence-corrected chi connectivity index (χ4v) is 2.34. The third-order valence-electron chi connectivity index (χ3n) is 2.98. The van der Waals surface area contributed by atoms with Gasteiger partial charge in [-0.2, -0.15) is 0 Å². The summed E-state index contributed by atoms with van der Waals surface area (Å²) in [6.45, 7) is 1.48. The van der Waals surface area contributed by atoms with Crippen molar-refractivity contribution in [1.29, 1.82) is 0 Å². The molecule has 2 rings (SSSR count). The number of halogens is 2. The lowest BCUT2D eigenvalue weighted by Crippen LogP contribution is -2.30. The molecule has 0 radical (unpaired) electrons. The summed E-state index contributed by atoms with van der Waals surface area (Å²) in [5.74, 6) is -1.13. The van der Waals surface area contributed by atoms with Crippen LogP contribution in [0.25, 0.3) is 0 Å². The van der Waals surface area contributed by atoms with Gasteiger partial charge in [0.15, 0.2) is 6.10 Å². The van der Waals surface area contributed by atoms with Crippen LogP contribution in [-0.2, 0) is 9.53 Å². The number of esters is 1. The van der Waals surface area contributed by atoms with E-state index in [1.807, 2.05) is 0 Å². The summed E-state index contributed by atoms with van der Waals surface area (Å²) in [6.07, 6.45) is -0.986. The second-order valence-corrected chi connectivity index (χ2v) is 6.13. The Hall–Kier alpha value is -2.05. The highest BCUT2D eigenvalue weighted by molar-refractivity contribution is 9.10. The van der Waals surface area contributed by atoms with Crippen LogP contribution in [0.3, 0.4) is 0 Å². The van der Waals surface area contributed by atoms with Crippen LogP contribution in [0.2, 0.25) is 5.02 Å². The lowest BCUT2D eigenvalue weighted by molar-refractivity contribution is -0.123. The predicted molar refractivity (Wildman–Crippen MR) is 93.5 cm³/mol. The number of nitrogen functional groups attached to an aromatic ring is 1. The first-order valence-corrected chi connectivity index (χ1v) is 7.86. The average molecular weight is 398 g/mol. The highest BCUT2D eigenvalue weighted by Gasteiger charge is 2.20. The average Bonchev–Trinajstić information content (AvgIpc) is 2.49. The second kappa shape index (κ2) is 7.48. The molecule has 1 atom stereocenters. The number of rotatable bonds is 4. The fraction of sp³-hybridized carbons (Fsp3) is 0.125. The lowest BCUT2D eigenvalue weighted by atomic mass is 10.2. The van der Waals surface area contributed by atoms with Crippen molar-refractivity contribution in [2.24, 2.45) is 0 Å². The number of nitrogens with two attached hydrogens (primary N) is 1. The van der Waals surface area contributed by atoms with Crippen molar-refractivity contribution >= 4 is 50.8 Å². The maximum absolute atomic E-state index is 12.1. The summed E-state index contributed by atoms with van der Waals surface area (Å²) < 4.78 is 5.84. The molecule has 0 bridgehead atoms. The van der Waals surface area contributed by atoms with Crippen LogP contribution in [0, 0.1) is 0 Å². The molecule has 3 N–H and O–H groups in total. The maximum Gasteiger partial charge on any atom is 0.341 e. The highest BCUT2D eigenvalue weighted by atomic mass is 79.9. The van der Waals surface area contributed by atoms with Gasteiger partial charge < -0.3 is 15.8 Å². The molecule has 0 aliphatic rings. The molecule has 0 aliphatic carbocycles. The Morgan fingerprint density at radius 3 is 2.70 bits per heavy atom. The molecule has 0 saturated heterocycles. The van der Waals surface area contributed by atoms with E-state index in [2.05, 4.69) is 21.2 Å². The Bertz CT molecular complexity index is 752. The summed E-state index contributed by atoms with van der Waals surface area (Å²) in [5, 5.41) is 3.12. The first-order chi connectivity index (χ1) is 10.9. The van der Waals surface area contributed by atoms with Crippen molar-refractivity contribution in [2.75, 3.05) is 11.1 Å². The van der Waals surface area contributed by atoms with Gasteiger partial charge in [-0.3, -0.25) is 4.79 Å². The summed E-state index contributed by atoms with van der Waals surface area (Å²) >= 11 is 9.11. The molecular formula is C16H14BrClN2O3. The summed E-state index contributed by atoms with van der Waals surface area (Å²) in [6, 6.07) is 11.5. The number of benzene rings is 2. The Labute approximate surface area is 146 Å². The van der Waals surface area contributed by atoms with Gasteiger partial charge in [-0.25, -0.2) is 4.79 Å². The normalized spacial score (nSPS) is 11.6. The molecule has 23 heavy (non-hydrogen) atoms. The predicted octanol–water partition coefficient (Wildman–Crippen LogP) is 3.87. The van der Waals surface area contributed by atoms with Crippen molar-refractivity contribution < 1.29 is 14.3 Å². The van der Waals surface area contributed by atoms with E-state index in [-0.39, 0.29) is 11.3 Å². The Morgan fingerprint density at radius 1 is 1.26 bits per heavy atom. The SMILES string of the molecule is C[C@@H](OC(=O)c1cc(Br)ccc1N)C(=O)Nc1cccc(Cl)c1. The van der Waals surface area contributed by atoms with Crippen LogP contribution in [-0.4, -0.2) is 18.0 Å². The van der Waals surface area contributed by atoms with E-state index >= 15 is 0 Å². The number of hydrogen-bond donors (Lipinski definition) is 2. The Morgan fingerprint density at radius 2 is 2.00 bits per heavy atom. The number of anilines is 2. The fourth-order valence-electron chi connectivity index (χ4n) is 1.79. The van der Waals surface area contributed by atoms with E-state index < -0.39 is 18.0 Å². The van der Waals surface area contributed by atoms with Gasteiger partial charge in [-0.05, 0) is 43.3 Å². The third-order valence-corrected chi connectivity index (χ3v) is 3.71. The largest absolute Gasteiger partial charge is 0.449 e. The van der Waals surface area contributed by atoms with Crippen LogP contribution in [0.15, 0.2) is 46.9 Å². The van der Waals surface area contributed by atoms with Crippen molar-refractivity contribution in [3.05, 3.63) is 57.5 Å². The van der Waals surface area contributed by atoms with E-state index in [0.29, 0.717) is 15.2 Å². The Balaban J connectivity index is 2.03. The molecule has 0 unspecified atom stereocenters. The summed E-state index contributed by atoms with van der Waals surface area (Å²) in [7, 11) is 0. The number of carbonyl (C=O) groups excluding carboxylic acids is 2. The van der Waals surface area contributed by atoms with E-state index in [1.165, 1.54) is 6.92 Å². The minimum absolute atomic E-state index is 0.196. The zero-order chi connectivity index (χ0) is 17.0. The standard InChI is InChI=1S/C16H14BrClN2O3/c1-9(15(21)20-12-4-2-3-11(18)8-12)23-16(22)13-7-10(17)5-6-14(13)19/h2-9H,19H2,1H3,(H,20,21)/t9-/m1/s1. The minimum atomic E-state index is -0.986. The van der Waals surface area contributed by atoms with Crippen LogP contribution in [0.5, 0.6) is 0 Å². The zero-order valence-corrected chi connectivity index (χ0v) is 14.5. The van der Waals surface area contributed by atoms with Crippen molar-refractivity contribution in [3.63, 3.8) is 0 Å². The maximum atomic E-state index is 12.1. The number of nitrogens with one attached hydrogen (secondary N) is 1. The van der Waals surface area contributed by atoms with Gasteiger partial charge in [0.05, 0.1) is 5.56 Å². The van der Waals surface area contributed by atoms with Gasteiger partial charge in [-0.1, -0.05) is 33.6 Å². The molecule has 7 heteroatoms. The van der Waals surface area contributed by atoms with Crippen molar-refractivity contribution in [2.45, 2.75) is 13.0 Å². The lowest BCUT2D eigenvalue weighted by Gasteiger charge is -2.14. The molecule has 0 spiro atoms. The van der Waals surface area contributed by atoms with E-state index in [4.69, 9.17) is 22.1 Å². The minimum Gasteiger partial charge on any atom is -0.449 e. The Kier molecular flexibility index (Phi) is 5.63. The van der Waals surface area contributed by atoms with Crippen LogP contribution < -0.4 is 11.1 Å². The highest BCUT2D eigenvalue weighted by Crippen LogP contribution is 2.20. The van der Waals surface area contributed by atoms with Crippen LogP contribution >= 0.6 is 27.5 Å². The van der Waals surface area contributed by atoms with Crippen molar-refractivity contribution in [1.82, 2.24) is 0 Å². The number of amides is 1. The molecule has 2 aromatic rings. The van der Waals surface area contributed by atoms with E-state index in [9.17, 15) is 9.59 Å². The molecular weight excluding hydrogens is 384 g/mol. The van der Waals surface area contributed by atoms with Gasteiger partial charge in [0.25, 0.3) is 5.91 Å². The number of hydrogen-bond acceptors (Lipinski definition) is 4. The number of carbonyl (C=O) groups is 2. The molecule has 5 nitrogen and oxygen atoms in total. The summed E-state index contributed by atoms with van der Waals surface area (Å²) in [5.41, 5.74) is 6.74. The van der Waals surface area contributed by atoms with Gasteiger partial charge in [0.2, 0.25) is 0 Å². The van der Waals surface area contributed by atoms with Gasteiger partial charge in [0, 0.05) is 20.9 Å². The van der Waals surface area contributed by atoms with E-state index in [1.54, 1.807) is 42.5 Å². The quantitative estimate of drug-likeness (QED) is 0.606. The molecule has 0 fully saturated rings. The third kappa shape index (κ3) is 4.71. The van der Waals surface area contributed by atoms with Crippen molar-refractivity contribution in [3.8, 4) is 0 Å². The topological polar surface area (TPSA) is 81.4 Å². The second-order valence-electron chi connectivity index (χ2n) is 4.78. The van der Waals surface area contributed by atoms with Crippen LogP contribution in [0.4, 0.5) is 11.4 Å². The number of ether oxygens (including phenoxy) is 1. The first kappa shape index (κ1) is 17.3. The summed E-state index contributed by atoms with van der Waals surface area (Å²) in [4.78, 5) is 24.2. The van der Waals surface area contributed by atoms with Crippen LogP contribution in [0.1, 0.15) is 17.3 Å². The van der Waals surface area contributed by atoms with Gasteiger partial charge >= 0.3 is 5.97 Å². The first-order valence-electron chi connectivity index (χ1n) is 6.69. The zero-order valence-electron chi connectivity index (χ0n) is 12.2. The van der Waals surface area contributed by atoms with E-state index in [0.717, 1.165) is 0 Å². The molecule has 0 aliphatic heterocycles. The smallest absolute Gasteiger partial charge is 0.341 e. The molecule has 0 heterocycles. The molecule has 1 amide bonds. The molecule has 2 aromatic carbocycles. The molecule has 120 valence electrons. The molecule has 0 saturated carbocycles. The molecule has 0 aromatic heterocycles.